The summed E-state index contributed by atoms with van der Waals surface area (Å²) in [5.41, 5.74) is 0.787. The normalized spacial score (nSPS) is 21.9. The van der Waals surface area contributed by atoms with Gasteiger partial charge in [0.05, 0.1) is 0 Å². The summed E-state index contributed by atoms with van der Waals surface area (Å²) >= 11 is 0. The Bertz CT molecular complexity index is 459. The molecule has 1 aromatic carbocycles. The summed E-state index contributed by atoms with van der Waals surface area (Å²) in [7, 11) is 0. The maximum absolute atomic E-state index is 11.9. The highest BCUT2D eigenvalue weighted by Gasteiger charge is 2.39. The minimum atomic E-state index is -0.708. The van der Waals surface area contributed by atoms with Gasteiger partial charge in [-0.25, -0.2) is 4.79 Å². The summed E-state index contributed by atoms with van der Waals surface area (Å²) in [6, 6.07) is 8.46. The molecule has 1 heterocycles. The zero-order valence-corrected chi connectivity index (χ0v) is 9.76. The van der Waals surface area contributed by atoms with E-state index >= 15 is 0 Å². The third-order valence-electron chi connectivity index (χ3n) is 2.64. The highest BCUT2D eigenvalue weighted by Crippen LogP contribution is 2.26. The van der Waals surface area contributed by atoms with E-state index in [1.165, 1.54) is 0 Å². The van der Waals surface area contributed by atoms with Crippen LogP contribution >= 0.6 is 0 Å². The molecule has 5 heteroatoms. The quantitative estimate of drug-likeness (QED) is 0.783. The van der Waals surface area contributed by atoms with Gasteiger partial charge in [-0.3, -0.25) is 4.79 Å². The van der Waals surface area contributed by atoms with E-state index in [1.54, 1.807) is 6.08 Å². The van der Waals surface area contributed by atoms with E-state index in [-0.39, 0.29) is 5.91 Å². The van der Waals surface area contributed by atoms with Crippen LogP contribution < -0.4 is 10.6 Å². The predicted molar refractivity (Wildman–Crippen MR) is 65.8 cm³/mol. The van der Waals surface area contributed by atoms with Gasteiger partial charge in [0.1, 0.15) is 0 Å². The van der Waals surface area contributed by atoms with E-state index in [0.717, 1.165) is 5.56 Å². The van der Waals surface area contributed by atoms with E-state index in [2.05, 4.69) is 17.2 Å². The number of carbonyl (C=O) groups excluding carboxylic acids is 2. The molecule has 0 radical (unpaired) electrons. The number of benzene rings is 1. The summed E-state index contributed by atoms with van der Waals surface area (Å²) in [4.78, 5) is 23.2. The van der Waals surface area contributed by atoms with Crippen molar-refractivity contribution in [1.29, 1.82) is 0 Å². The van der Waals surface area contributed by atoms with Crippen molar-refractivity contribution in [3.63, 3.8) is 0 Å². The third kappa shape index (κ3) is 2.51. The van der Waals surface area contributed by atoms with Crippen molar-refractivity contribution in [1.82, 2.24) is 10.6 Å². The first-order valence-corrected chi connectivity index (χ1v) is 5.63. The fourth-order valence-corrected chi connectivity index (χ4v) is 1.81. The number of hydrogen-bond acceptors (Lipinski definition) is 3. The first-order valence-electron chi connectivity index (χ1n) is 5.63. The van der Waals surface area contributed by atoms with Gasteiger partial charge >= 0.3 is 6.09 Å². The molecule has 2 rings (SSSR count). The SMILES string of the molecule is C=CCNC(=O)C1NC(=O)OC1c1ccccc1. The fourth-order valence-electron chi connectivity index (χ4n) is 1.81. The maximum Gasteiger partial charge on any atom is 0.408 e. The average Bonchev–Trinajstić information content (AvgIpc) is 2.79. The molecule has 2 N–H and O–H groups in total. The first-order chi connectivity index (χ1) is 8.72. The van der Waals surface area contributed by atoms with Gasteiger partial charge < -0.3 is 15.4 Å². The number of ether oxygens (including phenoxy) is 1. The molecule has 0 saturated carbocycles. The molecule has 18 heavy (non-hydrogen) atoms. The summed E-state index contributed by atoms with van der Waals surface area (Å²) in [5.74, 6) is -0.283. The second-order valence-corrected chi connectivity index (χ2v) is 3.89. The second kappa shape index (κ2) is 5.35. The van der Waals surface area contributed by atoms with Crippen molar-refractivity contribution >= 4 is 12.0 Å². The average molecular weight is 246 g/mol. The molecule has 1 aliphatic heterocycles. The van der Waals surface area contributed by atoms with Gasteiger partial charge in [0.2, 0.25) is 5.91 Å². The Hall–Kier alpha value is -2.30. The topological polar surface area (TPSA) is 67.4 Å². The number of cyclic esters (lactones) is 1. The molecule has 5 nitrogen and oxygen atoms in total. The van der Waals surface area contributed by atoms with Crippen LogP contribution in [0.2, 0.25) is 0 Å². The zero-order chi connectivity index (χ0) is 13.0. The van der Waals surface area contributed by atoms with Gasteiger partial charge in [-0.2, -0.15) is 0 Å². The molecule has 1 aliphatic rings. The Morgan fingerprint density at radius 2 is 2.17 bits per heavy atom. The van der Waals surface area contributed by atoms with Crippen molar-refractivity contribution in [2.45, 2.75) is 12.1 Å². The van der Waals surface area contributed by atoms with E-state index in [0.29, 0.717) is 6.54 Å². The summed E-state index contributed by atoms with van der Waals surface area (Å²) in [6.45, 7) is 3.87. The molecule has 1 saturated heterocycles. The standard InChI is InChI=1S/C13H14N2O3/c1-2-8-14-12(16)10-11(18-13(17)15-10)9-6-4-3-5-7-9/h2-7,10-11H,1,8H2,(H,14,16)(H,15,17). The van der Waals surface area contributed by atoms with Gasteiger partial charge in [-0.1, -0.05) is 36.4 Å². The van der Waals surface area contributed by atoms with E-state index in [4.69, 9.17) is 4.74 Å². The van der Waals surface area contributed by atoms with Crippen molar-refractivity contribution < 1.29 is 14.3 Å². The third-order valence-corrected chi connectivity index (χ3v) is 2.64. The highest BCUT2D eigenvalue weighted by atomic mass is 16.6. The van der Waals surface area contributed by atoms with Crippen LogP contribution in [0.15, 0.2) is 43.0 Å². The van der Waals surface area contributed by atoms with Gasteiger partial charge in [0.25, 0.3) is 0 Å². The van der Waals surface area contributed by atoms with Crippen molar-refractivity contribution in [2.24, 2.45) is 0 Å². The lowest BCUT2D eigenvalue weighted by Crippen LogP contribution is -2.43. The Kier molecular flexibility index (Phi) is 3.62. The van der Waals surface area contributed by atoms with Crippen LogP contribution in [0.1, 0.15) is 11.7 Å². The number of nitrogens with one attached hydrogen (secondary N) is 2. The summed E-state index contributed by atoms with van der Waals surface area (Å²) in [5, 5.41) is 5.15. The lowest BCUT2D eigenvalue weighted by atomic mass is 10.0. The number of amides is 2. The van der Waals surface area contributed by atoms with Gasteiger partial charge in [-0.15, -0.1) is 6.58 Å². The largest absolute Gasteiger partial charge is 0.439 e. The van der Waals surface area contributed by atoms with Crippen LogP contribution in [0.25, 0.3) is 0 Å². The van der Waals surface area contributed by atoms with Crippen LogP contribution in [0.4, 0.5) is 4.79 Å². The molecular weight excluding hydrogens is 232 g/mol. The molecular formula is C13H14N2O3. The lowest BCUT2D eigenvalue weighted by Gasteiger charge is -2.16. The van der Waals surface area contributed by atoms with Crippen molar-refractivity contribution in [3.05, 3.63) is 48.6 Å². The Balaban J connectivity index is 2.15. The highest BCUT2D eigenvalue weighted by molar-refractivity contribution is 5.88. The minimum absolute atomic E-state index is 0.283. The van der Waals surface area contributed by atoms with Crippen LogP contribution in [-0.2, 0) is 9.53 Å². The van der Waals surface area contributed by atoms with Crippen LogP contribution in [0.3, 0.4) is 0 Å². The van der Waals surface area contributed by atoms with Crippen molar-refractivity contribution in [2.75, 3.05) is 6.54 Å². The molecule has 0 bridgehead atoms. The van der Waals surface area contributed by atoms with E-state index in [9.17, 15) is 9.59 Å². The smallest absolute Gasteiger partial charge is 0.408 e. The Morgan fingerprint density at radius 3 is 2.83 bits per heavy atom. The molecule has 94 valence electrons. The maximum atomic E-state index is 11.9. The Labute approximate surface area is 105 Å². The zero-order valence-electron chi connectivity index (χ0n) is 9.76. The number of hydrogen-bond donors (Lipinski definition) is 2. The molecule has 2 amide bonds. The van der Waals surface area contributed by atoms with Crippen LogP contribution in [0.5, 0.6) is 0 Å². The van der Waals surface area contributed by atoms with Gasteiger partial charge in [0, 0.05) is 6.54 Å². The van der Waals surface area contributed by atoms with Gasteiger partial charge in [-0.05, 0) is 5.56 Å². The molecule has 1 aromatic rings. The fraction of sp³-hybridized carbons (Fsp3) is 0.231. The second-order valence-electron chi connectivity index (χ2n) is 3.89. The number of carbonyl (C=O) groups is 2. The number of alkyl carbamates (subject to hydrolysis) is 1. The summed E-state index contributed by atoms with van der Waals surface area (Å²) in [6.07, 6.45) is 0.402. The molecule has 2 atom stereocenters. The molecule has 0 aliphatic carbocycles. The minimum Gasteiger partial charge on any atom is -0.439 e. The van der Waals surface area contributed by atoms with Crippen LogP contribution in [0, 0.1) is 0 Å². The van der Waals surface area contributed by atoms with E-state index < -0.39 is 18.2 Å². The first kappa shape index (κ1) is 12.2. The molecule has 0 aromatic heterocycles. The van der Waals surface area contributed by atoms with Crippen molar-refractivity contribution in [3.8, 4) is 0 Å². The lowest BCUT2D eigenvalue weighted by molar-refractivity contribution is -0.123. The molecule has 2 unspecified atom stereocenters. The Morgan fingerprint density at radius 1 is 1.44 bits per heavy atom. The van der Waals surface area contributed by atoms with Gasteiger partial charge in [0.15, 0.2) is 12.1 Å². The van der Waals surface area contributed by atoms with Crippen LogP contribution in [-0.4, -0.2) is 24.6 Å². The van der Waals surface area contributed by atoms with E-state index in [1.807, 2.05) is 30.3 Å². The molecule has 1 fully saturated rings. The number of rotatable bonds is 4. The summed E-state index contributed by atoms with van der Waals surface area (Å²) < 4.78 is 5.12. The monoisotopic (exact) mass is 246 g/mol. The predicted octanol–water partition coefficient (Wildman–Crippen LogP) is 1.14. The molecule has 0 spiro atoms.